The highest BCUT2D eigenvalue weighted by Gasteiger charge is 2.16. The molecule has 2 N–H and O–H groups in total. The lowest BCUT2D eigenvalue weighted by atomic mass is 10.3. The van der Waals surface area contributed by atoms with E-state index in [9.17, 15) is 4.79 Å². The van der Waals surface area contributed by atoms with Crippen LogP contribution in [0.3, 0.4) is 0 Å². The van der Waals surface area contributed by atoms with Gasteiger partial charge in [0.05, 0.1) is 20.1 Å². The SMILES string of the molecule is COCCN(CCC(=O)OC)c1nccnc1C(N)=S. The molecule has 0 fully saturated rings. The number of ether oxygens (including phenoxy) is 2. The fourth-order valence-corrected chi connectivity index (χ4v) is 1.73. The third-order valence-electron chi connectivity index (χ3n) is 2.59. The number of methoxy groups -OCH3 is 2. The van der Waals surface area contributed by atoms with E-state index in [1.807, 2.05) is 4.90 Å². The Hall–Kier alpha value is -1.80. The van der Waals surface area contributed by atoms with E-state index in [4.69, 9.17) is 22.7 Å². The number of aromatic nitrogens is 2. The maximum absolute atomic E-state index is 11.3. The van der Waals surface area contributed by atoms with Crippen molar-refractivity contribution in [2.75, 3.05) is 38.8 Å². The van der Waals surface area contributed by atoms with Gasteiger partial charge in [-0.3, -0.25) is 4.79 Å². The second-order valence-electron chi connectivity index (χ2n) is 3.90. The third kappa shape index (κ3) is 4.71. The molecule has 7 nitrogen and oxygen atoms in total. The van der Waals surface area contributed by atoms with E-state index in [0.717, 1.165) is 0 Å². The molecule has 8 heteroatoms. The van der Waals surface area contributed by atoms with E-state index in [2.05, 4.69) is 14.7 Å². The quantitative estimate of drug-likeness (QED) is 0.535. The van der Waals surface area contributed by atoms with E-state index >= 15 is 0 Å². The standard InChI is InChI=1S/C12H18N4O3S/c1-18-8-7-16(6-3-9(17)19-2)12-10(11(13)20)14-4-5-15-12/h4-5H,3,6-8H2,1-2H3,(H2,13,20). The van der Waals surface area contributed by atoms with Gasteiger partial charge >= 0.3 is 5.97 Å². The highest BCUT2D eigenvalue weighted by atomic mass is 32.1. The van der Waals surface area contributed by atoms with Crippen LogP contribution in [0.1, 0.15) is 12.1 Å². The number of nitrogens with two attached hydrogens (primary N) is 1. The van der Waals surface area contributed by atoms with Crippen LogP contribution in [0, 0.1) is 0 Å². The molecule has 110 valence electrons. The first-order valence-electron chi connectivity index (χ1n) is 6.01. The molecule has 0 saturated heterocycles. The van der Waals surface area contributed by atoms with Gasteiger partial charge in [0, 0.05) is 32.6 Å². The average Bonchev–Trinajstić information content (AvgIpc) is 2.47. The van der Waals surface area contributed by atoms with Gasteiger partial charge in [0.15, 0.2) is 5.82 Å². The van der Waals surface area contributed by atoms with Gasteiger partial charge in [-0.1, -0.05) is 12.2 Å². The lowest BCUT2D eigenvalue weighted by Gasteiger charge is -2.24. The largest absolute Gasteiger partial charge is 0.469 e. The fraction of sp³-hybridized carbons (Fsp3) is 0.500. The van der Waals surface area contributed by atoms with Gasteiger partial charge in [-0.2, -0.15) is 0 Å². The summed E-state index contributed by atoms with van der Waals surface area (Å²) in [6.07, 6.45) is 3.30. The Morgan fingerprint density at radius 1 is 1.35 bits per heavy atom. The summed E-state index contributed by atoms with van der Waals surface area (Å²) in [7, 11) is 2.95. The minimum atomic E-state index is -0.298. The van der Waals surface area contributed by atoms with Crippen LogP contribution >= 0.6 is 12.2 Å². The number of hydrogen-bond donors (Lipinski definition) is 1. The van der Waals surface area contributed by atoms with Crippen molar-refractivity contribution in [1.29, 1.82) is 0 Å². The first-order valence-corrected chi connectivity index (χ1v) is 6.42. The zero-order chi connectivity index (χ0) is 15.0. The minimum absolute atomic E-state index is 0.161. The van der Waals surface area contributed by atoms with E-state index in [0.29, 0.717) is 31.2 Å². The Bertz CT molecular complexity index is 470. The van der Waals surface area contributed by atoms with Gasteiger partial charge in [-0.05, 0) is 0 Å². The van der Waals surface area contributed by atoms with Crippen molar-refractivity contribution in [3.05, 3.63) is 18.1 Å². The molecule has 0 amide bonds. The van der Waals surface area contributed by atoms with Gasteiger partial charge in [-0.15, -0.1) is 0 Å². The number of anilines is 1. The predicted octanol–water partition coefficient (Wildman–Crippen LogP) is 0.127. The summed E-state index contributed by atoms with van der Waals surface area (Å²) < 4.78 is 9.69. The molecule has 0 radical (unpaired) electrons. The molecular weight excluding hydrogens is 280 g/mol. The summed E-state index contributed by atoms with van der Waals surface area (Å²) in [5.74, 6) is 0.245. The van der Waals surface area contributed by atoms with Gasteiger partial charge < -0.3 is 20.1 Å². The maximum atomic E-state index is 11.3. The van der Waals surface area contributed by atoms with Crippen molar-refractivity contribution in [2.24, 2.45) is 5.73 Å². The number of carbonyl (C=O) groups is 1. The third-order valence-corrected chi connectivity index (χ3v) is 2.78. The van der Waals surface area contributed by atoms with Gasteiger partial charge in [0.25, 0.3) is 0 Å². The average molecular weight is 298 g/mol. The summed E-state index contributed by atoms with van der Waals surface area (Å²) in [6, 6.07) is 0. The van der Waals surface area contributed by atoms with Crippen molar-refractivity contribution in [3.8, 4) is 0 Å². The summed E-state index contributed by atoms with van der Waals surface area (Å²) in [5.41, 5.74) is 6.08. The van der Waals surface area contributed by atoms with Crippen LogP contribution in [0.25, 0.3) is 0 Å². The van der Waals surface area contributed by atoms with Gasteiger partial charge in [0.2, 0.25) is 0 Å². The summed E-state index contributed by atoms with van der Waals surface area (Å²) >= 11 is 4.97. The Balaban J connectivity index is 2.91. The normalized spacial score (nSPS) is 10.1. The zero-order valence-electron chi connectivity index (χ0n) is 11.5. The number of carbonyl (C=O) groups excluding carboxylic acids is 1. The van der Waals surface area contributed by atoms with Crippen molar-refractivity contribution >= 4 is 29.0 Å². The van der Waals surface area contributed by atoms with Crippen molar-refractivity contribution in [2.45, 2.75) is 6.42 Å². The van der Waals surface area contributed by atoms with Crippen LogP contribution in [0.15, 0.2) is 12.4 Å². The molecule has 0 spiro atoms. The van der Waals surface area contributed by atoms with Gasteiger partial charge in [0.1, 0.15) is 10.7 Å². The topological polar surface area (TPSA) is 90.6 Å². The second kappa shape index (κ2) is 8.39. The Morgan fingerprint density at radius 2 is 2.05 bits per heavy atom. The van der Waals surface area contributed by atoms with E-state index < -0.39 is 0 Å². The summed E-state index contributed by atoms with van der Waals surface area (Å²) in [4.78, 5) is 21.7. The van der Waals surface area contributed by atoms with E-state index in [1.165, 1.54) is 13.3 Å². The first kappa shape index (κ1) is 16.3. The smallest absolute Gasteiger partial charge is 0.307 e. The molecule has 0 saturated carbocycles. The molecule has 1 rings (SSSR count). The van der Waals surface area contributed by atoms with Crippen molar-refractivity contribution < 1.29 is 14.3 Å². The molecule has 0 aliphatic carbocycles. The van der Waals surface area contributed by atoms with E-state index in [-0.39, 0.29) is 17.4 Å². The zero-order valence-corrected chi connectivity index (χ0v) is 12.4. The fourth-order valence-electron chi connectivity index (χ4n) is 1.59. The number of esters is 1. The van der Waals surface area contributed by atoms with Gasteiger partial charge in [-0.25, -0.2) is 9.97 Å². The Labute approximate surface area is 123 Å². The van der Waals surface area contributed by atoms with Crippen LogP contribution in [0.5, 0.6) is 0 Å². The lowest BCUT2D eigenvalue weighted by molar-refractivity contribution is -0.140. The Kier molecular flexibility index (Phi) is 6.82. The number of thiocarbonyl (C=S) groups is 1. The van der Waals surface area contributed by atoms with Crippen LogP contribution in [-0.2, 0) is 14.3 Å². The molecule has 0 aliphatic heterocycles. The summed E-state index contributed by atoms with van der Waals surface area (Å²) in [6.45, 7) is 1.45. The second-order valence-corrected chi connectivity index (χ2v) is 4.34. The molecule has 1 aromatic rings. The van der Waals surface area contributed by atoms with Crippen molar-refractivity contribution in [1.82, 2.24) is 9.97 Å². The Morgan fingerprint density at radius 3 is 2.65 bits per heavy atom. The molecule has 0 atom stereocenters. The van der Waals surface area contributed by atoms with Crippen LogP contribution in [0.4, 0.5) is 5.82 Å². The molecule has 0 unspecified atom stereocenters. The van der Waals surface area contributed by atoms with E-state index in [1.54, 1.807) is 13.3 Å². The molecule has 0 aliphatic rings. The summed E-state index contributed by atoms with van der Waals surface area (Å²) in [5, 5.41) is 0. The van der Waals surface area contributed by atoms with Crippen molar-refractivity contribution in [3.63, 3.8) is 0 Å². The number of nitrogens with zero attached hydrogens (tertiary/aromatic N) is 3. The van der Waals surface area contributed by atoms with Crippen LogP contribution in [-0.4, -0.2) is 54.8 Å². The molecule has 1 aromatic heterocycles. The molecule has 0 aromatic carbocycles. The lowest BCUT2D eigenvalue weighted by Crippen LogP contribution is -2.33. The predicted molar refractivity (Wildman–Crippen MR) is 78.6 cm³/mol. The molecule has 0 bridgehead atoms. The van der Waals surface area contributed by atoms with Crippen LogP contribution in [0.2, 0.25) is 0 Å². The highest BCUT2D eigenvalue weighted by molar-refractivity contribution is 7.80. The maximum Gasteiger partial charge on any atom is 0.307 e. The molecular formula is C12H18N4O3S. The first-order chi connectivity index (χ1) is 9.60. The molecule has 1 heterocycles. The monoisotopic (exact) mass is 298 g/mol. The number of hydrogen-bond acceptors (Lipinski definition) is 7. The van der Waals surface area contributed by atoms with Crippen LogP contribution < -0.4 is 10.6 Å². The minimum Gasteiger partial charge on any atom is -0.469 e. The molecule has 20 heavy (non-hydrogen) atoms. The number of rotatable bonds is 8. The highest BCUT2D eigenvalue weighted by Crippen LogP contribution is 2.15.